The predicted molar refractivity (Wildman–Crippen MR) is 44.3 cm³/mol. The first-order valence-corrected chi connectivity index (χ1v) is 5.57. The van der Waals surface area contributed by atoms with Gasteiger partial charge in [-0.2, -0.15) is 21.6 Å². The number of hydrogen-bond acceptors (Lipinski definition) is 2. The molecule has 0 aliphatic heterocycles. The highest BCUT2D eigenvalue weighted by Gasteiger charge is 2.46. The van der Waals surface area contributed by atoms with Gasteiger partial charge in [-0.3, -0.25) is 4.55 Å². The molecule has 0 aromatic carbocycles. The molecule has 1 N–H and O–H groups in total. The third kappa shape index (κ3) is 4.63. The Kier molecular flexibility index (Phi) is 4.40. The second kappa shape index (κ2) is 4.43. The minimum atomic E-state index is -5.13. The first-order valence-electron chi connectivity index (χ1n) is 2.95. The lowest BCUT2D eigenvalue weighted by Crippen LogP contribution is -2.34. The van der Waals surface area contributed by atoms with Gasteiger partial charge in [0.25, 0.3) is 10.1 Å². The van der Waals surface area contributed by atoms with Crippen molar-refractivity contribution in [1.29, 1.82) is 0 Å². The summed E-state index contributed by atoms with van der Waals surface area (Å²) in [6, 6.07) is 0. The Morgan fingerprint density at radius 3 is 2.15 bits per heavy atom. The Bertz CT molecular complexity index is 282. The van der Waals surface area contributed by atoms with Crippen LogP contribution in [0, 0.1) is 0 Å². The average Bonchev–Trinajstić information content (AvgIpc) is 1.81. The molecular weight excluding hydrogens is 277 g/mol. The summed E-state index contributed by atoms with van der Waals surface area (Å²) in [6.07, 6.45) is -3.66. The van der Waals surface area contributed by atoms with Gasteiger partial charge < -0.3 is 0 Å². The summed E-state index contributed by atoms with van der Waals surface area (Å²) in [5.41, 5.74) is 0. The van der Waals surface area contributed by atoms with Crippen molar-refractivity contribution in [3.63, 3.8) is 0 Å². The van der Waals surface area contributed by atoms with Crippen LogP contribution in [0.1, 0.15) is 0 Å². The molecule has 0 aromatic heterocycles. The van der Waals surface area contributed by atoms with Gasteiger partial charge >= 0.3 is 6.18 Å². The Morgan fingerprint density at radius 1 is 1.46 bits per heavy atom. The van der Waals surface area contributed by atoms with Crippen molar-refractivity contribution in [3.05, 3.63) is 12.2 Å². The van der Waals surface area contributed by atoms with Gasteiger partial charge in [0, 0.05) is 5.33 Å². The fourth-order valence-corrected chi connectivity index (χ4v) is 1.42. The van der Waals surface area contributed by atoms with Crippen molar-refractivity contribution in [2.75, 3.05) is 5.33 Å². The SMILES string of the molecule is O=S(=O)(O)C(/C=C/CBr)C(F)(F)F. The zero-order chi connectivity index (χ0) is 10.7. The van der Waals surface area contributed by atoms with Crippen LogP contribution in [-0.4, -0.2) is 29.7 Å². The molecule has 0 aromatic rings. The highest BCUT2D eigenvalue weighted by Crippen LogP contribution is 2.26. The number of hydrogen-bond donors (Lipinski definition) is 1. The van der Waals surface area contributed by atoms with Gasteiger partial charge in [0.2, 0.25) is 0 Å². The second-order valence-electron chi connectivity index (χ2n) is 2.06. The molecule has 0 bridgehead atoms. The summed E-state index contributed by atoms with van der Waals surface area (Å²) >= 11 is 2.78. The molecule has 13 heavy (non-hydrogen) atoms. The van der Waals surface area contributed by atoms with Gasteiger partial charge in [-0.15, -0.1) is 0 Å². The molecule has 0 amide bonds. The second-order valence-corrected chi connectivity index (χ2v) is 4.24. The summed E-state index contributed by atoms with van der Waals surface area (Å²) in [4.78, 5) is 0. The quantitative estimate of drug-likeness (QED) is 0.488. The Labute approximate surface area is 81.5 Å². The average molecular weight is 283 g/mol. The van der Waals surface area contributed by atoms with Crippen LogP contribution in [0.4, 0.5) is 13.2 Å². The van der Waals surface area contributed by atoms with Crippen molar-refractivity contribution < 1.29 is 26.1 Å². The van der Waals surface area contributed by atoms with E-state index in [0.717, 1.165) is 6.08 Å². The third-order valence-corrected chi connectivity index (χ3v) is 2.48. The van der Waals surface area contributed by atoms with Crippen LogP contribution in [0.15, 0.2) is 12.2 Å². The highest BCUT2D eigenvalue weighted by molar-refractivity contribution is 9.09. The summed E-state index contributed by atoms with van der Waals surface area (Å²) in [5.74, 6) is 0. The summed E-state index contributed by atoms with van der Waals surface area (Å²) in [5, 5.41) is -2.77. The molecule has 1 atom stereocenters. The monoisotopic (exact) mass is 282 g/mol. The van der Waals surface area contributed by atoms with E-state index in [1.165, 1.54) is 0 Å². The molecule has 0 fully saturated rings. The molecular formula is C5H6BrF3O3S. The molecule has 1 unspecified atom stereocenters. The van der Waals surface area contributed by atoms with Crippen molar-refractivity contribution in [3.8, 4) is 0 Å². The minimum absolute atomic E-state index is 0.0785. The fourth-order valence-electron chi connectivity index (χ4n) is 0.552. The molecule has 0 aliphatic carbocycles. The van der Waals surface area contributed by atoms with Gasteiger partial charge in [0.15, 0.2) is 5.25 Å². The van der Waals surface area contributed by atoms with Gasteiger partial charge in [0.1, 0.15) is 0 Å². The van der Waals surface area contributed by atoms with Gasteiger partial charge in [-0.1, -0.05) is 28.1 Å². The van der Waals surface area contributed by atoms with Crippen molar-refractivity contribution in [2.45, 2.75) is 11.4 Å². The largest absolute Gasteiger partial charge is 0.411 e. The Hall–Kier alpha value is -0.0800. The van der Waals surface area contributed by atoms with E-state index in [-0.39, 0.29) is 5.33 Å². The van der Waals surface area contributed by atoms with Crippen LogP contribution in [-0.2, 0) is 10.1 Å². The molecule has 3 nitrogen and oxygen atoms in total. The summed E-state index contributed by atoms with van der Waals surface area (Å²) in [6.45, 7) is 0. The number of halogens is 4. The zero-order valence-electron chi connectivity index (χ0n) is 6.12. The summed E-state index contributed by atoms with van der Waals surface area (Å²) in [7, 11) is -5.13. The van der Waals surface area contributed by atoms with E-state index in [1.54, 1.807) is 0 Å². The van der Waals surface area contributed by atoms with Crippen molar-refractivity contribution in [1.82, 2.24) is 0 Å². The lowest BCUT2D eigenvalue weighted by molar-refractivity contribution is -0.122. The van der Waals surface area contributed by atoms with Crippen LogP contribution in [0.5, 0.6) is 0 Å². The van der Waals surface area contributed by atoms with Crippen LogP contribution in [0.2, 0.25) is 0 Å². The van der Waals surface area contributed by atoms with E-state index in [2.05, 4.69) is 15.9 Å². The number of rotatable bonds is 3. The van der Waals surface area contributed by atoms with Crippen LogP contribution in [0.25, 0.3) is 0 Å². The number of alkyl halides is 4. The van der Waals surface area contributed by atoms with E-state index in [4.69, 9.17) is 4.55 Å². The molecule has 0 saturated carbocycles. The predicted octanol–water partition coefficient (Wildman–Crippen LogP) is 1.76. The third-order valence-electron chi connectivity index (χ3n) is 1.04. The number of allylic oxidation sites excluding steroid dienone is 1. The molecule has 0 heterocycles. The van der Waals surface area contributed by atoms with E-state index in [1.807, 2.05) is 0 Å². The highest BCUT2D eigenvalue weighted by atomic mass is 79.9. The molecule has 78 valence electrons. The molecule has 0 radical (unpaired) electrons. The van der Waals surface area contributed by atoms with E-state index in [0.29, 0.717) is 6.08 Å². The lowest BCUT2D eigenvalue weighted by Gasteiger charge is -2.12. The lowest BCUT2D eigenvalue weighted by atomic mass is 10.4. The molecule has 0 saturated heterocycles. The van der Waals surface area contributed by atoms with Crippen LogP contribution in [0.3, 0.4) is 0 Å². The topological polar surface area (TPSA) is 54.4 Å². The Balaban J connectivity index is 4.90. The van der Waals surface area contributed by atoms with E-state index >= 15 is 0 Å². The van der Waals surface area contributed by atoms with Gasteiger partial charge in [-0.25, -0.2) is 0 Å². The van der Waals surface area contributed by atoms with Crippen molar-refractivity contribution >= 4 is 26.0 Å². The first kappa shape index (κ1) is 12.9. The minimum Gasteiger partial charge on any atom is -0.285 e. The normalized spacial score (nSPS) is 16.4. The molecule has 8 heteroatoms. The fraction of sp³-hybridized carbons (Fsp3) is 0.600. The van der Waals surface area contributed by atoms with E-state index in [9.17, 15) is 21.6 Å². The molecule has 0 spiro atoms. The maximum absolute atomic E-state index is 11.9. The van der Waals surface area contributed by atoms with Crippen LogP contribution < -0.4 is 0 Å². The van der Waals surface area contributed by atoms with Crippen molar-refractivity contribution in [2.24, 2.45) is 0 Å². The smallest absolute Gasteiger partial charge is 0.285 e. The molecule has 0 rings (SSSR count). The Morgan fingerprint density at radius 2 is 1.92 bits per heavy atom. The standard InChI is InChI=1S/C5H6BrF3O3S/c6-3-1-2-4(5(7,8)9)13(10,11)12/h1-2,4H,3H2,(H,10,11,12)/b2-1+. The van der Waals surface area contributed by atoms with E-state index < -0.39 is 21.5 Å². The van der Waals surface area contributed by atoms with Gasteiger partial charge in [0.05, 0.1) is 0 Å². The maximum Gasteiger partial charge on any atom is 0.411 e. The maximum atomic E-state index is 11.9. The van der Waals surface area contributed by atoms with Gasteiger partial charge in [-0.05, 0) is 0 Å². The zero-order valence-corrected chi connectivity index (χ0v) is 8.53. The summed E-state index contributed by atoms with van der Waals surface area (Å²) < 4.78 is 64.5. The molecule has 0 aliphatic rings. The van der Waals surface area contributed by atoms with Crippen LogP contribution >= 0.6 is 15.9 Å². The first-order chi connectivity index (χ1) is 5.69.